The monoisotopic (exact) mass is 495 g/mol. The molecule has 0 aliphatic carbocycles. The molecule has 12 heteroatoms. The summed E-state index contributed by atoms with van der Waals surface area (Å²) in [5.41, 5.74) is 0. The zero-order chi connectivity index (χ0) is 22.4. The van der Waals surface area contributed by atoms with E-state index in [2.05, 4.69) is 0 Å². The van der Waals surface area contributed by atoms with Gasteiger partial charge in [0.15, 0.2) is 0 Å². The summed E-state index contributed by atoms with van der Waals surface area (Å²) >= 11 is 17.1. The van der Waals surface area contributed by atoms with Gasteiger partial charge < -0.3 is 23.3 Å². The molecule has 1 saturated heterocycles. The Morgan fingerprint density at radius 1 is 1.10 bits per heavy atom. The number of ether oxygens (including phenoxy) is 3. The summed E-state index contributed by atoms with van der Waals surface area (Å²) in [5.74, 6) is -1.53. The molecule has 0 saturated carbocycles. The number of halogens is 3. The number of hydrogen-bond acceptors (Lipinski definition) is 8. The van der Waals surface area contributed by atoms with Gasteiger partial charge in [-0.05, 0) is 20.3 Å². The summed E-state index contributed by atoms with van der Waals surface area (Å²) in [6.45, 7) is 8.90. The van der Waals surface area contributed by atoms with Crippen molar-refractivity contribution in [2.24, 2.45) is 11.8 Å². The number of nitrogens with one attached hydrogen (secondary N) is 1. The van der Waals surface area contributed by atoms with E-state index in [0.717, 1.165) is 0 Å². The second-order valence-electron chi connectivity index (χ2n) is 6.74. The minimum atomic E-state index is -3.32. The van der Waals surface area contributed by atoms with Gasteiger partial charge in [-0.25, -0.2) is 0 Å². The van der Waals surface area contributed by atoms with Crippen molar-refractivity contribution in [3.05, 3.63) is 0 Å². The standard InChI is InChI=1S/C17H29Cl3NO7P/c1-6-24-29(23,25-7-2)9-8-13-14(26-12(5)22)10(3)11(4)15(27-13)28-16(21)17(18,19)20/h10-11,13-15,21H,6-9H2,1-5H3/t10-,11+,13-,14+,15-/m1/s1. The summed E-state index contributed by atoms with van der Waals surface area (Å²) in [4.78, 5) is 11.6. The van der Waals surface area contributed by atoms with E-state index in [1.165, 1.54) is 6.92 Å². The minimum absolute atomic E-state index is 0.0623. The molecular weight excluding hydrogens is 468 g/mol. The van der Waals surface area contributed by atoms with E-state index in [4.69, 9.17) is 63.5 Å². The molecule has 0 radical (unpaired) electrons. The van der Waals surface area contributed by atoms with Crippen molar-refractivity contribution in [1.29, 1.82) is 5.41 Å². The molecule has 1 heterocycles. The third kappa shape index (κ3) is 8.17. The molecule has 0 aromatic carbocycles. The Labute approximate surface area is 186 Å². The molecule has 1 N–H and O–H groups in total. The Bertz CT molecular complexity index is 606. The van der Waals surface area contributed by atoms with Crippen LogP contribution in [0.5, 0.6) is 0 Å². The predicted octanol–water partition coefficient (Wildman–Crippen LogP) is 4.94. The first-order chi connectivity index (χ1) is 13.3. The van der Waals surface area contributed by atoms with Crippen LogP contribution in [0.1, 0.15) is 41.0 Å². The Morgan fingerprint density at radius 3 is 2.10 bits per heavy atom. The first-order valence-corrected chi connectivity index (χ1v) is 12.2. The second-order valence-corrected chi connectivity index (χ2v) is 11.2. The highest BCUT2D eigenvalue weighted by Gasteiger charge is 2.46. The second kappa shape index (κ2) is 11.5. The van der Waals surface area contributed by atoms with Crippen LogP contribution in [0.3, 0.4) is 0 Å². The fourth-order valence-corrected chi connectivity index (χ4v) is 4.85. The molecular formula is C17H29Cl3NO7P. The molecule has 0 aromatic rings. The zero-order valence-corrected chi connectivity index (χ0v) is 20.3. The van der Waals surface area contributed by atoms with Crippen molar-refractivity contribution in [3.8, 4) is 0 Å². The van der Waals surface area contributed by atoms with Gasteiger partial charge in [0.05, 0.1) is 25.5 Å². The molecule has 1 aliphatic heterocycles. The molecule has 29 heavy (non-hydrogen) atoms. The highest BCUT2D eigenvalue weighted by molar-refractivity contribution is 7.53. The van der Waals surface area contributed by atoms with Crippen LogP contribution in [-0.4, -0.2) is 53.5 Å². The summed E-state index contributed by atoms with van der Waals surface area (Å²) in [5, 5.41) is 7.80. The molecule has 170 valence electrons. The van der Waals surface area contributed by atoms with E-state index < -0.39 is 41.8 Å². The van der Waals surface area contributed by atoms with E-state index in [1.54, 1.807) is 13.8 Å². The number of carbonyl (C=O) groups excluding carboxylic acids is 1. The summed E-state index contributed by atoms with van der Waals surface area (Å²) < 4.78 is 38.3. The fourth-order valence-electron chi connectivity index (χ4n) is 3.03. The van der Waals surface area contributed by atoms with Crippen molar-refractivity contribution in [3.63, 3.8) is 0 Å². The van der Waals surface area contributed by atoms with Gasteiger partial charge in [-0.2, -0.15) is 0 Å². The van der Waals surface area contributed by atoms with Crippen LogP contribution >= 0.6 is 42.4 Å². The largest absolute Gasteiger partial charge is 0.459 e. The van der Waals surface area contributed by atoms with Gasteiger partial charge in [-0.15, -0.1) is 0 Å². The third-order valence-corrected chi connectivity index (χ3v) is 7.21. The Hall–Kier alpha value is -0.0800. The molecule has 0 amide bonds. The maximum Gasteiger partial charge on any atom is 0.330 e. The van der Waals surface area contributed by atoms with E-state index in [0.29, 0.717) is 0 Å². The SMILES string of the molecule is CCOP(=O)(CC[C@H]1O[C@H](OC(=N)C(Cl)(Cl)Cl)[C@@H](C)[C@@H](C)[C@@H]1OC(C)=O)OCC. The Balaban J connectivity index is 3.01. The van der Waals surface area contributed by atoms with Crippen LogP contribution in [-0.2, 0) is 32.6 Å². The van der Waals surface area contributed by atoms with Crippen molar-refractivity contribution in [2.75, 3.05) is 19.4 Å². The van der Waals surface area contributed by atoms with Gasteiger partial charge in [-0.1, -0.05) is 48.7 Å². The zero-order valence-electron chi connectivity index (χ0n) is 17.2. The van der Waals surface area contributed by atoms with Crippen LogP contribution in [0.25, 0.3) is 0 Å². The molecule has 1 fully saturated rings. The smallest absolute Gasteiger partial charge is 0.330 e. The summed E-state index contributed by atoms with van der Waals surface area (Å²) in [6.07, 6.45) is -1.92. The number of rotatable bonds is 9. The molecule has 5 atom stereocenters. The Morgan fingerprint density at radius 2 is 1.66 bits per heavy atom. The lowest BCUT2D eigenvalue weighted by atomic mass is 9.83. The Kier molecular flexibility index (Phi) is 10.7. The highest BCUT2D eigenvalue weighted by Crippen LogP contribution is 2.49. The lowest BCUT2D eigenvalue weighted by Gasteiger charge is -2.44. The average Bonchev–Trinajstić information content (AvgIpc) is 2.59. The number of hydrogen-bond donors (Lipinski definition) is 1. The van der Waals surface area contributed by atoms with E-state index >= 15 is 0 Å². The van der Waals surface area contributed by atoms with Gasteiger partial charge >= 0.3 is 13.6 Å². The molecule has 1 rings (SSSR count). The van der Waals surface area contributed by atoms with Crippen LogP contribution in [0.15, 0.2) is 0 Å². The van der Waals surface area contributed by atoms with Crippen molar-refractivity contribution >= 4 is 54.3 Å². The number of esters is 1. The van der Waals surface area contributed by atoms with E-state index in [1.807, 2.05) is 13.8 Å². The van der Waals surface area contributed by atoms with Crippen LogP contribution in [0, 0.1) is 17.2 Å². The maximum atomic E-state index is 12.8. The fraction of sp³-hybridized carbons (Fsp3) is 0.882. The van der Waals surface area contributed by atoms with Gasteiger partial charge in [0.25, 0.3) is 3.79 Å². The topological polar surface area (TPSA) is 104 Å². The molecule has 0 spiro atoms. The molecule has 0 unspecified atom stereocenters. The summed E-state index contributed by atoms with van der Waals surface area (Å²) in [7, 11) is -3.32. The number of alkyl halides is 3. The first-order valence-electron chi connectivity index (χ1n) is 9.37. The number of carbonyl (C=O) groups is 1. The third-order valence-electron chi connectivity index (χ3n) is 4.58. The van der Waals surface area contributed by atoms with E-state index in [9.17, 15) is 9.36 Å². The minimum Gasteiger partial charge on any atom is -0.459 e. The van der Waals surface area contributed by atoms with Gasteiger partial charge in [-0.3, -0.25) is 14.8 Å². The molecule has 0 bridgehead atoms. The van der Waals surface area contributed by atoms with Gasteiger partial charge in [0, 0.05) is 18.8 Å². The lowest BCUT2D eigenvalue weighted by molar-refractivity contribution is -0.244. The lowest BCUT2D eigenvalue weighted by Crippen LogP contribution is -2.52. The van der Waals surface area contributed by atoms with Crippen molar-refractivity contribution < 1.29 is 32.6 Å². The molecule has 0 aromatic heterocycles. The van der Waals surface area contributed by atoms with Crippen molar-refractivity contribution in [2.45, 2.75) is 63.3 Å². The first kappa shape index (κ1) is 27.0. The van der Waals surface area contributed by atoms with Crippen LogP contribution in [0.2, 0.25) is 0 Å². The maximum absolute atomic E-state index is 12.8. The predicted molar refractivity (Wildman–Crippen MR) is 112 cm³/mol. The average molecular weight is 497 g/mol. The molecule has 1 aliphatic rings. The van der Waals surface area contributed by atoms with Crippen LogP contribution < -0.4 is 0 Å². The normalized spacial score (nSPS) is 28.1. The highest BCUT2D eigenvalue weighted by atomic mass is 35.6. The van der Waals surface area contributed by atoms with Crippen LogP contribution in [0.4, 0.5) is 0 Å². The van der Waals surface area contributed by atoms with E-state index in [-0.39, 0.29) is 37.6 Å². The van der Waals surface area contributed by atoms with Crippen molar-refractivity contribution in [1.82, 2.24) is 0 Å². The van der Waals surface area contributed by atoms with Gasteiger partial charge in [0.2, 0.25) is 12.2 Å². The quantitative estimate of drug-likeness (QED) is 0.159. The van der Waals surface area contributed by atoms with Gasteiger partial charge in [0.1, 0.15) is 6.10 Å². The summed E-state index contributed by atoms with van der Waals surface area (Å²) in [6, 6.07) is 0. The molecule has 8 nitrogen and oxygen atoms in total.